The number of hydrogen-bond acceptors (Lipinski definition) is 6. The van der Waals surface area contributed by atoms with Gasteiger partial charge in [-0.2, -0.15) is 0 Å². The van der Waals surface area contributed by atoms with Crippen molar-refractivity contribution in [3.8, 4) is 10.6 Å². The third kappa shape index (κ3) is 2.88. The lowest BCUT2D eigenvalue weighted by Crippen LogP contribution is -2.25. The first-order valence-electron chi connectivity index (χ1n) is 6.34. The Morgan fingerprint density at radius 3 is 2.75 bits per heavy atom. The van der Waals surface area contributed by atoms with Gasteiger partial charge in [0, 0.05) is 26.0 Å². The van der Waals surface area contributed by atoms with E-state index < -0.39 is 0 Å². The Balaban J connectivity index is 2.47. The van der Waals surface area contributed by atoms with Crippen LogP contribution in [0.25, 0.3) is 10.6 Å². The maximum absolute atomic E-state index is 12.6. The lowest BCUT2D eigenvalue weighted by atomic mass is 10.1. The Labute approximate surface area is 121 Å². The number of ether oxygens (including phenoxy) is 1. The SMILES string of the molecule is COCCCn1c(C)cc(C)c(-c2nnc(N)s2)c1=O. The summed E-state index contributed by atoms with van der Waals surface area (Å²) in [7, 11) is 1.65. The molecule has 0 amide bonds. The first-order chi connectivity index (χ1) is 9.54. The van der Waals surface area contributed by atoms with Gasteiger partial charge in [0.05, 0.1) is 5.56 Å². The molecule has 20 heavy (non-hydrogen) atoms. The van der Waals surface area contributed by atoms with Gasteiger partial charge >= 0.3 is 0 Å². The van der Waals surface area contributed by atoms with Gasteiger partial charge in [-0.3, -0.25) is 4.79 Å². The fourth-order valence-corrected chi connectivity index (χ4v) is 2.88. The summed E-state index contributed by atoms with van der Waals surface area (Å²) in [5.41, 5.74) is 7.97. The predicted octanol–water partition coefficient (Wildman–Crippen LogP) is 1.60. The summed E-state index contributed by atoms with van der Waals surface area (Å²) in [4.78, 5) is 12.6. The van der Waals surface area contributed by atoms with E-state index in [0.717, 1.165) is 17.7 Å². The number of aryl methyl sites for hydroxylation is 2. The monoisotopic (exact) mass is 294 g/mol. The summed E-state index contributed by atoms with van der Waals surface area (Å²) in [6.45, 7) is 5.08. The fraction of sp³-hybridized carbons (Fsp3) is 0.462. The van der Waals surface area contributed by atoms with Crippen LogP contribution >= 0.6 is 11.3 Å². The normalized spacial score (nSPS) is 10.9. The molecular weight excluding hydrogens is 276 g/mol. The minimum atomic E-state index is -0.0465. The summed E-state index contributed by atoms with van der Waals surface area (Å²) in [6, 6.07) is 1.99. The van der Waals surface area contributed by atoms with Crippen LogP contribution in [0.5, 0.6) is 0 Å². The van der Waals surface area contributed by atoms with Crippen LogP contribution in [-0.2, 0) is 11.3 Å². The number of aromatic nitrogens is 3. The highest BCUT2D eigenvalue weighted by Crippen LogP contribution is 2.25. The van der Waals surface area contributed by atoms with E-state index in [1.807, 2.05) is 19.9 Å². The van der Waals surface area contributed by atoms with Gasteiger partial charge in [-0.1, -0.05) is 11.3 Å². The Morgan fingerprint density at radius 1 is 1.40 bits per heavy atom. The molecule has 2 aromatic rings. The molecule has 0 saturated heterocycles. The van der Waals surface area contributed by atoms with Crippen molar-refractivity contribution >= 4 is 16.5 Å². The van der Waals surface area contributed by atoms with Crippen molar-refractivity contribution in [1.82, 2.24) is 14.8 Å². The number of methoxy groups -OCH3 is 1. The topological polar surface area (TPSA) is 83.0 Å². The zero-order valence-corrected chi connectivity index (χ0v) is 12.7. The van der Waals surface area contributed by atoms with E-state index in [4.69, 9.17) is 10.5 Å². The molecular formula is C13H18N4O2S. The van der Waals surface area contributed by atoms with Gasteiger partial charge in [0.2, 0.25) is 5.13 Å². The largest absolute Gasteiger partial charge is 0.385 e. The van der Waals surface area contributed by atoms with Crippen LogP contribution in [0.4, 0.5) is 5.13 Å². The van der Waals surface area contributed by atoms with Crippen LogP contribution in [0.3, 0.4) is 0 Å². The van der Waals surface area contributed by atoms with Crippen LogP contribution in [0.1, 0.15) is 17.7 Å². The van der Waals surface area contributed by atoms with Gasteiger partial charge in [0.15, 0.2) is 5.01 Å². The minimum Gasteiger partial charge on any atom is -0.385 e. The first kappa shape index (κ1) is 14.7. The van der Waals surface area contributed by atoms with Gasteiger partial charge in [-0.15, -0.1) is 10.2 Å². The molecule has 108 valence electrons. The zero-order chi connectivity index (χ0) is 14.7. The number of rotatable bonds is 5. The molecule has 0 radical (unpaired) electrons. The maximum atomic E-state index is 12.6. The summed E-state index contributed by atoms with van der Waals surface area (Å²) in [5.74, 6) is 0. The van der Waals surface area contributed by atoms with Crippen molar-refractivity contribution in [3.63, 3.8) is 0 Å². The average molecular weight is 294 g/mol. The maximum Gasteiger partial charge on any atom is 0.261 e. The third-order valence-electron chi connectivity index (χ3n) is 3.09. The second kappa shape index (κ2) is 6.15. The van der Waals surface area contributed by atoms with E-state index in [0.29, 0.717) is 28.9 Å². The number of hydrogen-bond donors (Lipinski definition) is 1. The standard InChI is InChI=1S/C13H18N4O2S/c1-8-7-9(2)17(5-4-6-19-3)12(18)10(8)11-15-16-13(14)20-11/h7H,4-6H2,1-3H3,(H2,14,16). The molecule has 0 bridgehead atoms. The summed E-state index contributed by atoms with van der Waals surface area (Å²) < 4.78 is 6.78. The minimum absolute atomic E-state index is 0.0465. The quantitative estimate of drug-likeness (QED) is 0.847. The number of nitrogens with zero attached hydrogens (tertiary/aromatic N) is 3. The molecule has 0 aliphatic carbocycles. The molecule has 0 aromatic carbocycles. The molecule has 0 aliphatic heterocycles. The van der Waals surface area contributed by atoms with E-state index in [-0.39, 0.29) is 5.56 Å². The Morgan fingerprint density at radius 2 is 2.15 bits per heavy atom. The molecule has 2 aromatic heterocycles. The molecule has 0 fully saturated rings. The summed E-state index contributed by atoms with van der Waals surface area (Å²) >= 11 is 1.23. The molecule has 0 aliphatic rings. The van der Waals surface area contributed by atoms with Crippen LogP contribution in [-0.4, -0.2) is 28.5 Å². The molecule has 2 heterocycles. The van der Waals surface area contributed by atoms with E-state index in [2.05, 4.69) is 10.2 Å². The van der Waals surface area contributed by atoms with Crippen LogP contribution < -0.4 is 11.3 Å². The number of anilines is 1. The lowest BCUT2D eigenvalue weighted by molar-refractivity contribution is 0.189. The molecule has 0 spiro atoms. The van der Waals surface area contributed by atoms with Crippen molar-refractivity contribution < 1.29 is 4.74 Å². The number of pyridine rings is 1. The smallest absolute Gasteiger partial charge is 0.261 e. The van der Waals surface area contributed by atoms with Gasteiger partial charge in [-0.05, 0) is 31.9 Å². The van der Waals surface area contributed by atoms with Gasteiger partial charge in [0.25, 0.3) is 5.56 Å². The Kier molecular flexibility index (Phi) is 4.51. The van der Waals surface area contributed by atoms with Crippen LogP contribution in [0.15, 0.2) is 10.9 Å². The highest BCUT2D eigenvalue weighted by atomic mass is 32.1. The van der Waals surface area contributed by atoms with Crippen LogP contribution in [0, 0.1) is 13.8 Å². The highest BCUT2D eigenvalue weighted by Gasteiger charge is 2.15. The van der Waals surface area contributed by atoms with Gasteiger partial charge in [0.1, 0.15) is 0 Å². The molecule has 7 heteroatoms. The number of nitrogen functional groups attached to an aromatic ring is 1. The molecule has 0 saturated carbocycles. The van der Waals surface area contributed by atoms with Crippen molar-refractivity contribution in [1.29, 1.82) is 0 Å². The Hall–Kier alpha value is -1.73. The second-order valence-electron chi connectivity index (χ2n) is 4.59. The predicted molar refractivity (Wildman–Crippen MR) is 80.0 cm³/mol. The van der Waals surface area contributed by atoms with Crippen molar-refractivity contribution in [2.24, 2.45) is 0 Å². The van der Waals surface area contributed by atoms with Crippen molar-refractivity contribution in [3.05, 3.63) is 27.7 Å². The first-order valence-corrected chi connectivity index (χ1v) is 7.15. The molecule has 2 rings (SSSR count). The molecule has 0 unspecified atom stereocenters. The van der Waals surface area contributed by atoms with E-state index in [1.54, 1.807) is 11.7 Å². The summed E-state index contributed by atoms with van der Waals surface area (Å²) in [6.07, 6.45) is 0.790. The average Bonchev–Trinajstić information content (AvgIpc) is 2.79. The molecule has 6 nitrogen and oxygen atoms in total. The second-order valence-corrected chi connectivity index (χ2v) is 5.60. The van der Waals surface area contributed by atoms with Gasteiger partial charge < -0.3 is 15.0 Å². The van der Waals surface area contributed by atoms with Gasteiger partial charge in [-0.25, -0.2) is 0 Å². The number of nitrogens with two attached hydrogens (primary N) is 1. The summed E-state index contributed by atoms with van der Waals surface area (Å²) in [5, 5.41) is 8.70. The van der Waals surface area contributed by atoms with E-state index >= 15 is 0 Å². The third-order valence-corrected chi connectivity index (χ3v) is 3.86. The highest BCUT2D eigenvalue weighted by molar-refractivity contribution is 7.18. The zero-order valence-electron chi connectivity index (χ0n) is 11.8. The van der Waals surface area contributed by atoms with E-state index in [9.17, 15) is 4.79 Å². The fourth-order valence-electron chi connectivity index (χ4n) is 2.17. The lowest BCUT2D eigenvalue weighted by Gasteiger charge is -2.13. The molecule has 0 atom stereocenters. The Bertz CT molecular complexity index is 663. The molecule has 2 N–H and O–H groups in total. The van der Waals surface area contributed by atoms with Crippen LogP contribution in [0.2, 0.25) is 0 Å². The van der Waals surface area contributed by atoms with Crippen molar-refractivity contribution in [2.75, 3.05) is 19.5 Å². The van der Waals surface area contributed by atoms with E-state index in [1.165, 1.54) is 11.3 Å². The van der Waals surface area contributed by atoms with Crippen molar-refractivity contribution in [2.45, 2.75) is 26.8 Å².